The number of anilines is 1. The predicted molar refractivity (Wildman–Crippen MR) is 94.6 cm³/mol. The van der Waals surface area contributed by atoms with Crippen molar-refractivity contribution in [2.24, 2.45) is 0 Å². The van der Waals surface area contributed by atoms with Crippen LogP contribution in [0.25, 0.3) is 5.65 Å². The normalized spacial score (nSPS) is 12.2. The second-order valence-corrected chi connectivity index (χ2v) is 6.07. The maximum Gasteiger partial charge on any atom is 0.303 e. The molecule has 0 radical (unpaired) electrons. The molecule has 7 nitrogen and oxygen atoms in total. The molecule has 3 rings (SSSR count). The summed E-state index contributed by atoms with van der Waals surface area (Å²) in [6, 6.07) is 14.3. The molecule has 1 aromatic carbocycles. The van der Waals surface area contributed by atoms with E-state index in [-0.39, 0.29) is 12.5 Å². The molecule has 0 bridgehead atoms. The molecule has 0 saturated carbocycles. The van der Waals surface area contributed by atoms with E-state index < -0.39 is 5.97 Å². The van der Waals surface area contributed by atoms with Gasteiger partial charge in [-0.1, -0.05) is 30.3 Å². The van der Waals surface area contributed by atoms with E-state index in [2.05, 4.69) is 39.7 Å². The Morgan fingerprint density at radius 1 is 1.16 bits per heavy atom. The molecular formula is C18H21N5O2. The predicted octanol–water partition coefficient (Wildman–Crippen LogP) is 2.57. The molecule has 0 fully saturated rings. The van der Waals surface area contributed by atoms with Gasteiger partial charge in [0.1, 0.15) is 5.82 Å². The molecule has 0 spiro atoms. The van der Waals surface area contributed by atoms with E-state index in [1.54, 1.807) is 4.52 Å². The number of benzene rings is 1. The molecule has 0 amide bonds. The van der Waals surface area contributed by atoms with Crippen LogP contribution in [0.2, 0.25) is 0 Å². The van der Waals surface area contributed by atoms with Crippen molar-refractivity contribution in [3.63, 3.8) is 0 Å². The van der Waals surface area contributed by atoms with Gasteiger partial charge in [-0.2, -0.15) is 4.52 Å². The number of aryl methyl sites for hydroxylation is 2. The van der Waals surface area contributed by atoms with Crippen LogP contribution < -0.4 is 5.32 Å². The SMILES string of the molecule is C[C@@H](CCc1ccccc1)Nc1ccc2nnc(CCC(=O)O)n2n1. The van der Waals surface area contributed by atoms with Gasteiger partial charge in [0.2, 0.25) is 0 Å². The highest BCUT2D eigenvalue weighted by Crippen LogP contribution is 2.12. The summed E-state index contributed by atoms with van der Waals surface area (Å²) < 4.78 is 1.61. The minimum Gasteiger partial charge on any atom is -0.481 e. The summed E-state index contributed by atoms with van der Waals surface area (Å²) in [7, 11) is 0. The lowest BCUT2D eigenvalue weighted by atomic mass is 10.1. The number of nitrogens with zero attached hydrogens (tertiary/aromatic N) is 4. The van der Waals surface area contributed by atoms with Gasteiger partial charge in [0.05, 0.1) is 6.42 Å². The Hall–Kier alpha value is -2.96. The van der Waals surface area contributed by atoms with Gasteiger partial charge in [0.15, 0.2) is 11.5 Å². The van der Waals surface area contributed by atoms with Gasteiger partial charge in [0, 0.05) is 12.5 Å². The van der Waals surface area contributed by atoms with Crippen molar-refractivity contribution < 1.29 is 9.90 Å². The van der Waals surface area contributed by atoms with E-state index in [0.717, 1.165) is 18.7 Å². The maximum atomic E-state index is 10.7. The van der Waals surface area contributed by atoms with Crippen LogP contribution in [0.5, 0.6) is 0 Å². The highest BCUT2D eigenvalue weighted by Gasteiger charge is 2.10. The van der Waals surface area contributed by atoms with Gasteiger partial charge in [-0.15, -0.1) is 15.3 Å². The molecule has 2 heterocycles. The molecule has 0 aliphatic rings. The number of nitrogens with one attached hydrogen (secondary N) is 1. The zero-order chi connectivity index (χ0) is 17.6. The topological polar surface area (TPSA) is 92.4 Å². The first kappa shape index (κ1) is 16.9. The molecular weight excluding hydrogens is 318 g/mol. The van der Waals surface area contributed by atoms with Crippen LogP contribution in [0.3, 0.4) is 0 Å². The number of carboxylic acids is 1. The fourth-order valence-electron chi connectivity index (χ4n) is 2.64. The van der Waals surface area contributed by atoms with Crippen LogP contribution in [0.4, 0.5) is 5.82 Å². The van der Waals surface area contributed by atoms with E-state index in [1.807, 2.05) is 30.3 Å². The van der Waals surface area contributed by atoms with E-state index in [1.165, 1.54) is 5.56 Å². The van der Waals surface area contributed by atoms with E-state index in [9.17, 15) is 4.79 Å². The van der Waals surface area contributed by atoms with E-state index in [4.69, 9.17) is 5.11 Å². The molecule has 1 atom stereocenters. The standard InChI is InChI=1S/C18H21N5O2/c1-13(7-8-14-5-3-2-4-6-14)19-15-9-10-16-20-21-17(23(16)22-15)11-12-18(24)25/h2-6,9-10,13H,7-8,11-12H2,1H3,(H,19,22)(H,24,25)/t13-/m0/s1. The third-order valence-corrected chi connectivity index (χ3v) is 3.99. The quantitative estimate of drug-likeness (QED) is 0.655. The first-order valence-electron chi connectivity index (χ1n) is 8.35. The van der Waals surface area contributed by atoms with Crippen molar-refractivity contribution in [2.45, 2.75) is 38.6 Å². The number of aromatic nitrogens is 4. The highest BCUT2D eigenvalue weighted by molar-refractivity contribution is 5.66. The average molecular weight is 339 g/mol. The fourth-order valence-corrected chi connectivity index (χ4v) is 2.64. The number of carbonyl (C=O) groups is 1. The number of rotatable bonds is 8. The summed E-state index contributed by atoms with van der Waals surface area (Å²) in [5, 5.41) is 24.7. The number of hydrogen-bond donors (Lipinski definition) is 2. The van der Waals surface area contributed by atoms with Gasteiger partial charge < -0.3 is 10.4 Å². The second-order valence-electron chi connectivity index (χ2n) is 6.07. The van der Waals surface area contributed by atoms with Gasteiger partial charge in [0.25, 0.3) is 0 Å². The Morgan fingerprint density at radius 3 is 2.72 bits per heavy atom. The van der Waals surface area contributed by atoms with Gasteiger partial charge >= 0.3 is 5.97 Å². The lowest BCUT2D eigenvalue weighted by Crippen LogP contribution is -2.18. The Morgan fingerprint density at radius 2 is 1.96 bits per heavy atom. The number of aliphatic carboxylic acids is 1. The Labute approximate surface area is 145 Å². The third kappa shape index (κ3) is 4.53. The van der Waals surface area contributed by atoms with Crippen LogP contribution >= 0.6 is 0 Å². The van der Waals surface area contributed by atoms with Gasteiger partial charge in [-0.25, -0.2) is 0 Å². The maximum absolute atomic E-state index is 10.7. The summed E-state index contributed by atoms with van der Waals surface area (Å²) in [6.07, 6.45) is 2.29. The number of carboxylic acid groups (broad SMARTS) is 1. The lowest BCUT2D eigenvalue weighted by Gasteiger charge is -2.14. The average Bonchev–Trinajstić information content (AvgIpc) is 3.01. The Bertz CT molecular complexity index is 847. The molecule has 2 N–H and O–H groups in total. The fraction of sp³-hybridized carbons (Fsp3) is 0.333. The zero-order valence-electron chi connectivity index (χ0n) is 14.1. The zero-order valence-corrected chi connectivity index (χ0v) is 14.1. The molecule has 25 heavy (non-hydrogen) atoms. The van der Waals surface area contributed by atoms with Crippen LogP contribution in [0, 0.1) is 0 Å². The number of fused-ring (bicyclic) bond motifs is 1. The van der Waals surface area contributed by atoms with Crippen molar-refractivity contribution in [3.8, 4) is 0 Å². The van der Waals surface area contributed by atoms with Crippen LogP contribution in [0.1, 0.15) is 31.2 Å². The third-order valence-electron chi connectivity index (χ3n) is 3.99. The van der Waals surface area contributed by atoms with Crippen LogP contribution in [-0.4, -0.2) is 36.9 Å². The van der Waals surface area contributed by atoms with Crippen molar-refractivity contribution in [2.75, 3.05) is 5.32 Å². The van der Waals surface area contributed by atoms with Crippen molar-refractivity contribution in [1.82, 2.24) is 19.8 Å². The molecule has 0 unspecified atom stereocenters. The molecule has 7 heteroatoms. The van der Waals surface area contributed by atoms with Gasteiger partial charge in [-0.05, 0) is 37.5 Å². The van der Waals surface area contributed by atoms with Crippen molar-refractivity contribution >= 4 is 17.4 Å². The molecule has 0 aliphatic carbocycles. The Balaban J connectivity index is 1.64. The van der Waals surface area contributed by atoms with Gasteiger partial charge in [-0.3, -0.25) is 4.79 Å². The minimum absolute atomic E-state index is 0.00755. The smallest absolute Gasteiger partial charge is 0.303 e. The van der Waals surface area contributed by atoms with E-state index >= 15 is 0 Å². The summed E-state index contributed by atoms with van der Waals surface area (Å²) in [4.78, 5) is 10.7. The number of hydrogen-bond acceptors (Lipinski definition) is 5. The molecule has 0 saturated heterocycles. The Kier molecular flexibility index (Phi) is 5.23. The first-order valence-corrected chi connectivity index (χ1v) is 8.35. The summed E-state index contributed by atoms with van der Waals surface area (Å²) in [5.41, 5.74) is 1.93. The summed E-state index contributed by atoms with van der Waals surface area (Å²) in [5.74, 6) is 0.419. The summed E-state index contributed by atoms with van der Waals surface area (Å²) in [6.45, 7) is 2.12. The largest absolute Gasteiger partial charge is 0.481 e. The monoisotopic (exact) mass is 339 g/mol. The summed E-state index contributed by atoms with van der Waals surface area (Å²) >= 11 is 0. The van der Waals surface area contributed by atoms with Crippen molar-refractivity contribution in [3.05, 3.63) is 53.9 Å². The molecule has 0 aliphatic heterocycles. The highest BCUT2D eigenvalue weighted by atomic mass is 16.4. The lowest BCUT2D eigenvalue weighted by molar-refractivity contribution is -0.137. The molecule has 3 aromatic rings. The second kappa shape index (κ2) is 7.74. The van der Waals surface area contributed by atoms with Crippen LogP contribution in [0.15, 0.2) is 42.5 Å². The molecule has 130 valence electrons. The first-order chi connectivity index (χ1) is 12.1. The van der Waals surface area contributed by atoms with Crippen molar-refractivity contribution in [1.29, 1.82) is 0 Å². The molecule has 2 aromatic heterocycles. The minimum atomic E-state index is -0.861. The van der Waals surface area contributed by atoms with Crippen LogP contribution in [-0.2, 0) is 17.6 Å². The van der Waals surface area contributed by atoms with E-state index in [0.29, 0.717) is 17.9 Å².